The lowest BCUT2D eigenvalue weighted by molar-refractivity contribution is -0.109. The fraction of sp³-hybridized carbons (Fsp3) is 0.300. The standard InChI is InChI=1S/C10H10Br2OS/c1-7(13)14-5-4-8-6-9(11)2-3-10(8)12/h2-3,6H,4-5H2,1H3. The molecule has 0 aliphatic rings. The molecule has 4 heteroatoms. The van der Waals surface area contributed by atoms with Gasteiger partial charge in [-0.3, -0.25) is 4.79 Å². The Morgan fingerprint density at radius 2 is 2.14 bits per heavy atom. The molecule has 0 radical (unpaired) electrons. The Balaban J connectivity index is 2.57. The van der Waals surface area contributed by atoms with E-state index in [-0.39, 0.29) is 5.12 Å². The van der Waals surface area contributed by atoms with Gasteiger partial charge in [-0.25, -0.2) is 0 Å². The third-order valence-corrected chi connectivity index (χ3v) is 3.77. The number of halogens is 2. The molecule has 0 aliphatic carbocycles. The molecule has 0 bridgehead atoms. The van der Waals surface area contributed by atoms with Gasteiger partial charge in [0.2, 0.25) is 0 Å². The number of thioether (sulfide) groups is 1. The van der Waals surface area contributed by atoms with Crippen LogP contribution in [0.1, 0.15) is 12.5 Å². The lowest BCUT2D eigenvalue weighted by atomic mass is 10.2. The summed E-state index contributed by atoms with van der Waals surface area (Å²) in [6.07, 6.45) is 0.907. The largest absolute Gasteiger partial charge is 0.288 e. The molecule has 14 heavy (non-hydrogen) atoms. The molecule has 1 nitrogen and oxygen atoms in total. The molecular weight excluding hydrogens is 328 g/mol. The Morgan fingerprint density at radius 3 is 2.79 bits per heavy atom. The van der Waals surface area contributed by atoms with E-state index in [2.05, 4.69) is 37.9 Å². The number of aryl methyl sites for hydroxylation is 1. The third-order valence-electron chi connectivity index (χ3n) is 1.68. The monoisotopic (exact) mass is 336 g/mol. The number of hydrogen-bond acceptors (Lipinski definition) is 2. The SMILES string of the molecule is CC(=O)SCCc1cc(Br)ccc1Br. The maximum atomic E-state index is 10.7. The van der Waals surface area contributed by atoms with Gasteiger partial charge >= 0.3 is 0 Å². The molecule has 0 aliphatic heterocycles. The number of benzene rings is 1. The zero-order valence-electron chi connectivity index (χ0n) is 7.72. The van der Waals surface area contributed by atoms with E-state index in [1.165, 1.54) is 17.3 Å². The van der Waals surface area contributed by atoms with Crippen molar-refractivity contribution in [3.05, 3.63) is 32.7 Å². The fourth-order valence-electron chi connectivity index (χ4n) is 1.04. The van der Waals surface area contributed by atoms with Gasteiger partial charge < -0.3 is 0 Å². The first kappa shape index (κ1) is 12.3. The van der Waals surface area contributed by atoms with Crippen molar-refractivity contribution in [3.63, 3.8) is 0 Å². The summed E-state index contributed by atoms with van der Waals surface area (Å²) in [7, 11) is 0. The van der Waals surface area contributed by atoms with E-state index in [1.807, 2.05) is 12.1 Å². The number of hydrogen-bond donors (Lipinski definition) is 0. The first-order valence-electron chi connectivity index (χ1n) is 4.17. The van der Waals surface area contributed by atoms with Gasteiger partial charge in [-0.1, -0.05) is 43.6 Å². The van der Waals surface area contributed by atoms with Crippen LogP contribution >= 0.6 is 43.6 Å². The maximum absolute atomic E-state index is 10.7. The predicted octanol–water partition coefficient (Wildman–Crippen LogP) is 4.03. The van der Waals surface area contributed by atoms with Crippen molar-refractivity contribution in [3.8, 4) is 0 Å². The van der Waals surface area contributed by atoms with Gasteiger partial charge in [0, 0.05) is 21.6 Å². The smallest absolute Gasteiger partial charge is 0.185 e. The van der Waals surface area contributed by atoms with Crippen LogP contribution in [0.4, 0.5) is 0 Å². The van der Waals surface area contributed by atoms with Gasteiger partial charge in [-0.15, -0.1) is 0 Å². The average Bonchev–Trinajstić information content (AvgIpc) is 2.10. The summed E-state index contributed by atoms with van der Waals surface area (Å²) in [5.41, 5.74) is 1.23. The van der Waals surface area contributed by atoms with Crippen molar-refractivity contribution < 1.29 is 4.79 Å². The molecule has 0 aromatic heterocycles. The van der Waals surface area contributed by atoms with Crippen molar-refractivity contribution >= 4 is 48.7 Å². The number of carbonyl (C=O) groups is 1. The van der Waals surface area contributed by atoms with Crippen LogP contribution in [0.3, 0.4) is 0 Å². The van der Waals surface area contributed by atoms with E-state index in [1.54, 1.807) is 6.92 Å². The van der Waals surface area contributed by atoms with E-state index in [0.717, 1.165) is 21.1 Å². The first-order valence-corrected chi connectivity index (χ1v) is 6.74. The molecule has 0 heterocycles. The molecule has 1 aromatic rings. The highest BCUT2D eigenvalue weighted by Crippen LogP contribution is 2.22. The van der Waals surface area contributed by atoms with Crippen LogP contribution in [0, 0.1) is 0 Å². The van der Waals surface area contributed by atoms with E-state index < -0.39 is 0 Å². The number of carbonyl (C=O) groups excluding carboxylic acids is 1. The Bertz CT molecular complexity index is 339. The molecule has 1 aromatic carbocycles. The predicted molar refractivity (Wildman–Crippen MR) is 68.7 cm³/mol. The summed E-state index contributed by atoms with van der Waals surface area (Å²) in [5.74, 6) is 0.838. The van der Waals surface area contributed by atoms with E-state index in [9.17, 15) is 4.79 Å². The maximum Gasteiger partial charge on any atom is 0.185 e. The second kappa shape index (κ2) is 5.93. The zero-order valence-corrected chi connectivity index (χ0v) is 11.7. The van der Waals surface area contributed by atoms with Gasteiger partial charge in [-0.2, -0.15) is 0 Å². The lowest BCUT2D eigenvalue weighted by Crippen LogP contribution is -1.93. The van der Waals surface area contributed by atoms with Gasteiger partial charge in [0.05, 0.1) is 0 Å². The van der Waals surface area contributed by atoms with Crippen molar-refractivity contribution in [2.75, 3.05) is 5.75 Å². The van der Waals surface area contributed by atoms with Crippen molar-refractivity contribution in [2.45, 2.75) is 13.3 Å². The molecule has 0 N–H and O–H groups in total. The minimum Gasteiger partial charge on any atom is -0.288 e. The highest BCUT2D eigenvalue weighted by atomic mass is 79.9. The minimum absolute atomic E-state index is 0.177. The van der Waals surface area contributed by atoms with E-state index in [4.69, 9.17) is 0 Å². The summed E-state index contributed by atoms with van der Waals surface area (Å²) in [6.45, 7) is 1.60. The summed E-state index contributed by atoms with van der Waals surface area (Å²) in [5, 5.41) is 0.177. The highest BCUT2D eigenvalue weighted by molar-refractivity contribution is 9.11. The number of rotatable bonds is 3. The van der Waals surface area contributed by atoms with Crippen LogP contribution in [0.5, 0.6) is 0 Å². The van der Waals surface area contributed by atoms with Crippen molar-refractivity contribution in [2.24, 2.45) is 0 Å². The quantitative estimate of drug-likeness (QED) is 0.828. The Labute approximate surface area is 105 Å². The summed E-state index contributed by atoms with van der Waals surface area (Å²) in [4.78, 5) is 10.7. The Kier molecular flexibility index (Phi) is 5.20. The molecule has 0 saturated heterocycles. The van der Waals surface area contributed by atoms with E-state index >= 15 is 0 Å². The summed E-state index contributed by atoms with van der Waals surface area (Å²) < 4.78 is 2.17. The van der Waals surface area contributed by atoms with Gasteiger partial charge in [-0.05, 0) is 30.2 Å². The molecule has 0 unspecified atom stereocenters. The van der Waals surface area contributed by atoms with Crippen LogP contribution < -0.4 is 0 Å². The molecule has 0 saturated carbocycles. The van der Waals surface area contributed by atoms with Gasteiger partial charge in [0.25, 0.3) is 0 Å². The molecular formula is C10H10Br2OS. The summed E-state index contributed by atoms with van der Waals surface area (Å²) >= 11 is 8.27. The van der Waals surface area contributed by atoms with Gasteiger partial charge in [0.1, 0.15) is 0 Å². The molecule has 76 valence electrons. The average molecular weight is 338 g/mol. The van der Waals surface area contributed by atoms with Crippen LogP contribution in [-0.4, -0.2) is 10.9 Å². The fourth-order valence-corrected chi connectivity index (χ4v) is 2.50. The Morgan fingerprint density at radius 1 is 1.43 bits per heavy atom. The van der Waals surface area contributed by atoms with Crippen LogP contribution in [0.2, 0.25) is 0 Å². The minimum atomic E-state index is 0.177. The normalized spacial score (nSPS) is 10.2. The van der Waals surface area contributed by atoms with Crippen molar-refractivity contribution in [1.82, 2.24) is 0 Å². The molecule has 0 atom stereocenters. The second-order valence-corrected chi connectivity index (χ2v) is 5.87. The Hall–Kier alpha value is 0.200. The molecule has 1 rings (SSSR count). The lowest BCUT2D eigenvalue weighted by Gasteiger charge is -2.03. The van der Waals surface area contributed by atoms with Crippen LogP contribution in [-0.2, 0) is 11.2 Å². The first-order chi connectivity index (χ1) is 6.59. The zero-order chi connectivity index (χ0) is 10.6. The van der Waals surface area contributed by atoms with Crippen molar-refractivity contribution in [1.29, 1.82) is 0 Å². The van der Waals surface area contributed by atoms with E-state index in [0.29, 0.717) is 0 Å². The van der Waals surface area contributed by atoms with Crippen LogP contribution in [0.15, 0.2) is 27.1 Å². The second-order valence-electron chi connectivity index (χ2n) is 2.83. The van der Waals surface area contributed by atoms with Gasteiger partial charge in [0.15, 0.2) is 5.12 Å². The molecule has 0 spiro atoms. The molecule has 0 amide bonds. The molecule has 0 fully saturated rings. The third kappa shape index (κ3) is 4.15. The highest BCUT2D eigenvalue weighted by Gasteiger charge is 2.01. The van der Waals surface area contributed by atoms with Crippen LogP contribution in [0.25, 0.3) is 0 Å². The topological polar surface area (TPSA) is 17.1 Å². The summed E-state index contributed by atoms with van der Waals surface area (Å²) in [6, 6.07) is 6.08.